The monoisotopic (exact) mass is 222 g/mol. The van der Waals surface area contributed by atoms with Crippen molar-refractivity contribution in [2.24, 2.45) is 11.3 Å². The highest BCUT2D eigenvalue weighted by Crippen LogP contribution is 2.41. The summed E-state index contributed by atoms with van der Waals surface area (Å²) in [4.78, 5) is 11.5. The van der Waals surface area contributed by atoms with Gasteiger partial charge in [0.25, 0.3) is 0 Å². The van der Waals surface area contributed by atoms with E-state index in [0.717, 1.165) is 25.7 Å². The van der Waals surface area contributed by atoms with E-state index in [1.165, 1.54) is 5.56 Å². The molecular weight excluding hydrogens is 204 g/mol. The second kappa shape index (κ2) is 4.09. The van der Waals surface area contributed by atoms with Crippen molar-refractivity contribution in [3.05, 3.63) is 22.4 Å². The second-order valence-corrected chi connectivity index (χ2v) is 6.04. The summed E-state index contributed by atoms with van der Waals surface area (Å²) in [6.45, 7) is 4.60. The van der Waals surface area contributed by atoms with Gasteiger partial charge in [-0.05, 0) is 46.6 Å². The van der Waals surface area contributed by atoms with E-state index in [1.54, 1.807) is 11.3 Å². The lowest BCUT2D eigenvalue weighted by molar-refractivity contribution is -0.124. The van der Waals surface area contributed by atoms with E-state index in [1.807, 2.05) is 0 Å². The summed E-state index contributed by atoms with van der Waals surface area (Å²) in [6.07, 6.45) is 3.69. The molecule has 1 unspecified atom stereocenters. The summed E-state index contributed by atoms with van der Waals surface area (Å²) in [5.74, 6) is 0.989. The van der Waals surface area contributed by atoms with Crippen LogP contribution in [0.5, 0.6) is 0 Å². The van der Waals surface area contributed by atoms with E-state index in [-0.39, 0.29) is 0 Å². The topological polar surface area (TPSA) is 17.1 Å². The number of ketones is 1. The molecule has 0 bridgehead atoms. The van der Waals surface area contributed by atoms with Crippen LogP contribution in [0.4, 0.5) is 0 Å². The molecule has 0 amide bonds. The van der Waals surface area contributed by atoms with E-state index in [4.69, 9.17) is 0 Å². The molecule has 2 rings (SSSR count). The van der Waals surface area contributed by atoms with Crippen LogP contribution < -0.4 is 0 Å². The minimum absolute atomic E-state index is 0.329. The fourth-order valence-corrected chi connectivity index (χ4v) is 3.04. The quantitative estimate of drug-likeness (QED) is 0.746. The standard InChI is InChI=1S/C13H18OS/c1-13(2)5-3-12(14)8-11(13)7-10-4-6-15-9-10/h4,6,9,11H,3,5,7-8H2,1-2H3. The largest absolute Gasteiger partial charge is 0.300 e. The summed E-state index contributed by atoms with van der Waals surface area (Å²) in [7, 11) is 0. The predicted molar refractivity (Wildman–Crippen MR) is 64.2 cm³/mol. The molecule has 0 saturated heterocycles. The zero-order valence-electron chi connectivity index (χ0n) is 9.45. The van der Waals surface area contributed by atoms with Crippen LogP contribution >= 0.6 is 11.3 Å². The van der Waals surface area contributed by atoms with Crippen LogP contribution in [0.15, 0.2) is 16.8 Å². The summed E-state index contributed by atoms with van der Waals surface area (Å²) < 4.78 is 0. The van der Waals surface area contributed by atoms with Crippen molar-refractivity contribution in [1.29, 1.82) is 0 Å². The normalized spacial score (nSPS) is 25.5. The highest BCUT2D eigenvalue weighted by Gasteiger charge is 2.35. The van der Waals surface area contributed by atoms with Gasteiger partial charge in [-0.2, -0.15) is 11.3 Å². The molecule has 1 saturated carbocycles. The molecule has 1 aromatic heterocycles. The van der Waals surface area contributed by atoms with Crippen LogP contribution in [0, 0.1) is 11.3 Å². The van der Waals surface area contributed by atoms with Crippen LogP contribution in [0.1, 0.15) is 38.7 Å². The average molecular weight is 222 g/mol. The predicted octanol–water partition coefficient (Wildman–Crippen LogP) is 3.69. The Balaban J connectivity index is 2.08. The maximum absolute atomic E-state index is 11.5. The van der Waals surface area contributed by atoms with E-state index < -0.39 is 0 Å². The van der Waals surface area contributed by atoms with Gasteiger partial charge in [0.2, 0.25) is 0 Å². The molecule has 82 valence electrons. The van der Waals surface area contributed by atoms with Gasteiger partial charge in [0.15, 0.2) is 0 Å². The van der Waals surface area contributed by atoms with Gasteiger partial charge in [0, 0.05) is 12.8 Å². The molecular formula is C13H18OS. The van der Waals surface area contributed by atoms with Gasteiger partial charge in [0.05, 0.1) is 0 Å². The Morgan fingerprint density at radius 3 is 3.00 bits per heavy atom. The Morgan fingerprint density at radius 2 is 2.33 bits per heavy atom. The maximum atomic E-state index is 11.5. The molecule has 0 N–H and O–H groups in total. The number of thiophene rings is 1. The Hall–Kier alpha value is -0.630. The van der Waals surface area contributed by atoms with Crippen LogP contribution in [-0.4, -0.2) is 5.78 Å². The molecule has 1 aromatic rings. The number of hydrogen-bond donors (Lipinski definition) is 0. The van der Waals surface area contributed by atoms with Crippen molar-refractivity contribution in [3.63, 3.8) is 0 Å². The van der Waals surface area contributed by atoms with Gasteiger partial charge >= 0.3 is 0 Å². The average Bonchev–Trinajstić information content (AvgIpc) is 2.65. The van der Waals surface area contributed by atoms with E-state index in [0.29, 0.717) is 17.1 Å². The molecule has 0 spiro atoms. The van der Waals surface area contributed by atoms with Crippen molar-refractivity contribution in [3.8, 4) is 0 Å². The van der Waals surface area contributed by atoms with Crippen molar-refractivity contribution < 1.29 is 4.79 Å². The van der Waals surface area contributed by atoms with Gasteiger partial charge in [-0.25, -0.2) is 0 Å². The van der Waals surface area contributed by atoms with Crippen LogP contribution in [-0.2, 0) is 11.2 Å². The van der Waals surface area contributed by atoms with Gasteiger partial charge in [-0.3, -0.25) is 4.79 Å². The Bertz CT molecular complexity index is 337. The molecule has 15 heavy (non-hydrogen) atoms. The molecule has 1 atom stereocenters. The van der Waals surface area contributed by atoms with Crippen molar-refractivity contribution in [2.75, 3.05) is 0 Å². The van der Waals surface area contributed by atoms with Crippen LogP contribution in [0.25, 0.3) is 0 Å². The molecule has 0 aliphatic heterocycles. The van der Waals surface area contributed by atoms with Gasteiger partial charge in [-0.15, -0.1) is 0 Å². The van der Waals surface area contributed by atoms with Crippen molar-refractivity contribution in [1.82, 2.24) is 0 Å². The molecule has 1 fully saturated rings. The number of Topliss-reactive ketones (excluding diaryl/α,β-unsaturated/α-hetero) is 1. The molecule has 1 aliphatic carbocycles. The lowest BCUT2D eigenvalue weighted by Crippen LogP contribution is -2.33. The molecule has 0 aromatic carbocycles. The summed E-state index contributed by atoms with van der Waals surface area (Å²) in [5, 5.41) is 4.32. The van der Waals surface area contributed by atoms with Crippen LogP contribution in [0.2, 0.25) is 0 Å². The third-order valence-corrected chi connectivity index (χ3v) is 4.42. The Labute approximate surface area is 95.5 Å². The molecule has 2 heteroatoms. The lowest BCUT2D eigenvalue weighted by atomic mass is 9.66. The molecule has 0 radical (unpaired) electrons. The highest BCUT2D eigenvalue weighted by molar-refractivity contribution is 7.07. The third kappa shape index (κ3) is 2.49. The van der Waals surface area contributed by atoms with Crippen molar-refractivity contribution >= 4 is 17.1 Å². The summed E-state index contributed by atoms with van der Waals surface area (Å²) in [6, 6.07) is 2.18. The number of carbonyl (C=O) groups is 1. The molecule has 1 nitrogen and oxygen atoms in total. The highest BCUT2D eigenvalue weighted by atomic mass is 32.1. The fourth-order valence-electron chi connectivity index (χ4n) is 2.36. The molecule has 1 aliphatic rings. The first kappa shape index (κ1) is 10.9. The second-order valence-electron chi connectivity index (χ2n) is 5.26. The third-order valence-electron chi connectivity index (χ3n) is 3.69. The Morgan fingerprint density at radius 1 is 1.53 bits per heavy atom. The van der Waals surface area contributed by atoms with E-state index in [9.17, 15) is 4.79 Å². The lowest BCUT2D eigenvalue weighted by Gasteiger charge is -2.38. The van der Waals surface area contributed by atoms with Gasteiger partial charge in [0.1, 0.15) is 5.78 Å². The zero-order valence-corrected chi connectivity index (χ0v) is 10.3. The number of rotatable bonds is 2. The van der Waals surface area contributed by atoms with Crippen LogP contribution in [0.3, 0.4) is 0 Å². The minimum Gasteiger partial charge on any atom is -0.300 e. The summed E-state index contributed by atoms with van der Waals surface area (Å²) in [5.41, 5.74) is 1.73. The number of hydrogen-bond acceptors (Lipinski definition) is 2. The van der Waals surface area contributed by atoms with E-state index in [2.05, 4.69) is 30.7 Å². The maximum Gasteiger partial charge on any atom is 0.133 e. The molecule has 1 heterocycles. The first-order valence-electron chi connectivity index (χ1n) is 5.61. The smallest absolute Gasteiger partial charge is 0.133 e. The number of carbonyl (C=O) groups excluding carboxylic acids is 1. The van der Waals surface area contributed by atoms with Gasteiger partial charge in [-0.1, -0.05) is 13.8 Å². The summed E-state index contributed by atoms with van der Waals surface area (Å²) >= 11 is 1.74. The first-order chi connectivity index (χ1) is 7.08. The van der Waals surface area contributed by atoms with Gasteiger partial charge < -0.3 is 0 Å². The Kier molecular flexibility index (Phi) is 2.96. The zero-order chi connectivity index (χ0) is 10.9. The van der Waals surface area contributed by atoms with Crippen molar-refractivity contribution in [2.45, 2.75) is 39.5 Å². The fraction of sp³-hybridized carbons (Fsp3) is 0.615. The van der Waals surface area contributed by atoms with E-state index >= 15 is 0 Å². The SMILES string of the molecule is CC1(C)CCC(=O)CC1Cc1ccsc1. The minimum atomic E-state index is 0.329. The first-order valence-corrected chi connectivity index (χ1v) is 6.55.